The summed E-state index contributed by atoms with van der Waals surface area (Å²) in [5.41, 5.74) is 6.94. The normalized spacial score (nSPS) is 20.1. The molecule has 3 nitrogen and oxygen atoms in total. The third-order valence-corrected chi connectivity index (χ3v) is 3.35. The van der Waals surface area contributed by atoms with E-state index in [1.165, 1.54) is 37.2 Å². The van der Waals surface area contributed by atoms with Crippen molar-refractivity contribution in [2.24, 2.45) is 5.10 Å². The molecule has 3 rings (SSSR count). The van der Waals surface area contributed by atoms with E-state index in [4.69, 9.17) is 0 Å². The Morgan fingerprint density at radius 1 is 1.19 bits per heavy atom. The molecule has 0 saturated carbocycles. The number of nitrogens with one attached hydrogen (secondary N) is 1. The van der Waals surface area contributed by atoms with Gasteiger partial charge in [0.15, 0.2) is 0 Å². The number of rotatable bonds is 2. The van der Waals surface area contributed by atoms with Gasteiger partial charge < -0.3 is 0 Å². The first-order chi connectivity index (χ1) is 7.92. The van der Waals surface area contributed by atoms with Crippen molar-refractivity contribution in [3.8, 4) is 0 Å². The van der Waals surface area contributed by atoms with Crippen molar-refractivity contribution < 1.29 is 0 Å². The van der Waals surface area contributed by atoms with Crippen LogP contribution in [0.25, 0.3) is 0 Å². The quantitative estimate of drug-likeness (QED) is 0.818. The fourth-order valence-corrected chi connectivity index (χ4v) is 2.47. The van der Waals surface area contributed by atoms with Crippen LogP contribution in [0.3, 0.4) is 0 Å². The smallest absolute Gasteiger partial charge is 0.0597 e. The lowest BCUT2D eigenvalue weighted by molar-refractivity contribution is 0.386. The van der Waals surface area contributed by atoms with Crippen LogP contribution in [-0.2, 0) is 6.42 Å². The van der Waals surface area contributed by atoms with Crippen LogP contribution in [-0.4, -0.2) is 30.2 Å². The van der Waals surface area contributed by atoms with Crippen molar-refractivity contribution in [3.05, 3.63) is 29.8 Å². The molecule has 2 aliphatic rings. The van der Waals surface area contributed by atoms with Gasteiger partial charge in [-0.3, -0.25) is 10.3 Å². The highest BCUT2D eigenvalue weighted by atomic mass is 15.3. The number of hydrazone groups is 1. The van der Waals surface area contributed by atoms with Crippen molar-refractivity contribution >= 4 is 11.4 Å². The molecule has 0 aliphatic carbocycles. The number of nitrogens with zero attached hydrogens (tertiary/aromatic N) is 2. The average Bonchev–Trinajstić information content (AvgIpc) is 2.82. The summed E-state index contributed by atoms with van der Waals surface area (Å²) in [7, 11) is 0. The molecule has 2 aliphatic heterocycles. The van der Waals surface area contributed by atoms with E-state index < -0.39 is 0 Å². The minimum absolute atomic E-state index is 1.000. The van der Waals surface area contributed by atoms with E-state index >= 15 is 0 Å². The molecule has 2 heterocycles. The fourth-order valence-electron chi connectivity index (χ4n) is 2.47. The largest absolute Gasteiger partial charge is 0.298 e. The second-order valence-electron chi connectivity index (χ2n) is 4.61. The van der Waals surface area contributed by atoms with Crippen molar-refractivity contribution in [2.75, 3.05) is 25.1 Å². The lowest BCUT2D eigenvalue weighted by Gasteiger charge is -2.21. The van der Waals surface area contributed by atoms with Gasteiger partial charge in [-0.15, -0.1) is 0 Å². The highest BCUT2D eigenvalue weighted by Crippen LogP contribution is 2.20. The molecule has 0 radical (unpaired) electrons. The van der Waals surface area contributed by atoms with Gasteiger partial charge in [0.25, 0.3) is 0 Å². The summed E-state index contributed by atoms with van der Waals surface area (Å²) in [6.45, 7) is 3.50. The van der Waals surface area contributed by atoms with Crippen LogP contribution in [0.5, 0.6) is 0 Å². The Labute approximate surface area is 96.1 Å². The van der Waals surface area contributed by atoms with Gasteiger partial charge >= 0.3 is 0 Å². The molecular formula is C13H17N3. The Morgan fingerprint density at radius 3 is 2.88 bits per heavy atom. The maximum absolute atomic E-state index is 4.46. The highest BCUT2D eigenvalue weighted by Gasteiger charge is 2.17. The zero-order valence-electron chi connectivity index (χ0n) is 9.45. The van der Waals surface area contributed by atoms with Gasteiger partial charge in [0.2, 0.25) is 0 Å². The van der Waals surface area contributed by atoms with Crippen LogP contribution in [0.2, 0.25) is 0 Å². The number of benzene rings is 1. The number of fused-ring (bicyclic) bond motifs is 1. The summed E-state index contributed by atoms with van der Waals surface area (Å²) in [6, 6.07) is 8.42. The van der Waals surface area contributed by atoms with E-state index in [0.29, 0.717) is 0 Å². The summed E-state index contributed by atoms with van der Waals surface area (Å²) in [6.07, 6.45) is 3.69. The van der Waals surface area contributed by atoms with Gasteiger partial charge in [0.1, 0.15) is 0 Å². The summed E-state index contributed by atoms with van der Waals surface area (Å²) in [4.78, 5) is 2.49. The molecule has 0 unspecified atom stereocenters. The van der Waals surface area contributed by atoms with Gasteiger partial charge in [-0.2, -0.15) is 5.10 Å². The third-order valence-electron chi connectivity index (χ3n) is 3.35. The molecule has 0 atom stereocenters. The Bertz CT molecular complexity index is 405. The Kier molecular flexibility index (Phi) is 2.62. The van der Waals surface area contributed by atoms with Crippen LogP contribution >= 0.6 is 0 Å². The van der Waals surface area contributed by atoms with Crippen molar-refractivity contribution in [3.63, 3.8) is 0 Å². The Morgan fingerprint density at radius 2 is 2.00 bits per heavy atom. The Balaban J connectivity index is 1.69. The van der Waals surface area contributed by atoms with E-state index in [-0.39, 0.29) is 0 Å². The third kappa shape index (κ3) is 1.95. The molecule has 3 heteroatoms. The predicted octanol–water partition coefficient (Wildman–Crippen LogP) is 2.11. The molecule has 1 N–H and O–H groups in total. The topological polar surface area (TPSA) is 27.6 Å². The fraction of sp³-hybridized carbons (Fsp3) is 0.462. The van der Waals surface area contributed by atoms with Crippen LogP contribution in [0.15, 0.2) is 29.4 Å². The van der Waals surface area contributed by atoms with Gasteiger partial charge in [-0.05, 0) is 37.6 Å². The van der Waals surface area contributed by atoms with Gasteiger partial charge in [0, 0.05) is 13.0 Å². The van der Waals surface area contributed by atoms with E-state index in [2.05, 4.69) is 33.6 Å². The van der Waals surface area contributed by atoms with Crippen LogP contribution in [0, 0.1) is 0 Å². The molecule has 1 saturated heterocycles. The van der Waals surface area contributed by atoms with E-state index in [1.54, 1.807) is 0 Å². The monoisotopic (exact) mass is 215 g/mol. The van der Waals surface area contributed by atoms with E-state index in [0.717, 1.165) is 18.7 Å². The van der Waals surface area contributed by atoms with Gasteiger partial charge in [-0.1, -0.05) is 18.2 Å². The minimum atomic E-state index is 1.000. The zero-order valence-corrected chi connectivity index (χ0v) is 9.45. The molecule has 1 aromatic rings. The Hall–Kier alpha value is -1.35. The number of hydrogen-bond acceptors (Lipinski definition) is 3. The summed E-state index contributed by atoms with van der Waals surface area (Å²) in [5, 5.41) is 4.46. The summed E-state index contributed by atoms with van der Waals surface area (Å²) in [5.74, 6) is 0. The molecule has 0 spiro atoms. The van der Waals surface area contributed by atoms with Crippen molar-refractivity contribution in [1.82, 2.24) is 4.90 Å². The first kappa shape index (κ1) is 9.85. The van der Waals surface area contributed by atoms with Gasteiger partial charge in [0.05, 0.1) is 11.4 Å². The molecule has 16 heavy (non-hydrogen) atoms. The van der Waals surface area contributed by atoms with Crippen LogP contribution in [0.1, 0.15) is 18.4 Å². The first-order valence-corrected chi connectivity index (χ1v) is 6.03. The lowest BCUT2D eigenvalue weighted by Crippen LogP contribution is -2.30. The molecule has 0 aromatic heterocycles. The molecule has 1 aromatic carbocycles. The second kappa shape index (κ2) is 4.26. The van der Waals surface area contributed by atoms with E-state index in [9.17, 15) is 0 Å². The molecule has 0 bridgehead atoms. The van der Waals surface area contributed by atoms with Crippen LogP contribution < -0.4 is 5.43 Å². The zero-order chi connectivity index (χ0) is 10.8. The maximum atomic E-state index is 4.46. The highest BCUT2D eigenvalue weighted by molar-refractivity contribution is 5.92. The standard InChI is InChI=1S/C13H17N3/c1-2-6-13-11(5-1)9-12(14-15-13)10-16-7-3-4-8-16/h1-2,5-6,15H,3-4,7-10H2. The molecule has 1 fully saturated rings. The molecule has 0 amide bonds. The van der Waals surface area contributed by atoms with Gasteiger partial charge in [-0.25, -0.2) is 0 Å². The molecular weight excluding hydrogens is 198 g/mol. The first-order valence-electron chi connectivity index (χ1n) is 6.03. The summed E-state index contributed by atoms with van der Waals surface area (Å²) < 4.78 is 0. The second-order valence-corrected chi connectivity index (χ2v) is 4.61. The number of anilines is 1. The minimum Gasteiger partial charge on any atom is -0.298 e. The van der Waals surface area contributed by atoms with Crippen molar-refractivity contribution in [1.29, 1.82) is 0 Å². The summed E-state index contributed by atoms with van der Waals surface area (Å²) >= 11 is 0. The SMILES string of the molecule is c1ccc2c(c1)CC(CN1CCCC1)=NN2. The van der Waals surface area contributed by atoms with Crippen LogP contribution in [0.4, 0.5) is 5.69 Å². The lowest BCUT2D eigenvalue weighted by atomic mass is 10.0. The average molecular weight is 215 g/mol. The van der Waals surface area contributed by atoms with E-state index in [1.807, 2.05) is 6.07 Å². The molecule has 84 valence electrons. The number of para-hydroxylation sites is 1. The number of hydrogen-bond donors (Lipinski definition) is 1. The predicted molar refractivity (Wildman–Crippen MR) is 66.9 cm³/mol. The number of likely N-dealkylation sites (tertiary alicyclic amines) is 1. The van der Waals surface area contributed by atoms with Crippen molar-refractivity contribution in [2.45, 2.75) is 19.3 Å². The maximum Gasteiger partial charge on any atom is 0.0597 e.